The van der Waals surface area contributed by atoms with Crippen molar-refractivity contribution in [3.8, 4) is 22.9 Å². The van der Waals surface area contributed by atoms with Crippen molar-refractivity contribution in [1.82, 2.24) is 24.6 Å². The van der Waals surface area contributed by atoms with Gasteiger partial charge < -0.3 is 14.7 Å². The molecule has 35 heavy (non-hydrogen) atoms. The minimum Gasteiger partial charge on any atom is -0.508 e. The van der Waals surface area contributed by atoms with Gasteiger partial charge in [-0.15, -0.1) is 0 Å². The SMILES string of the molecule is CCCOc1cc(O)cc(-c2nc(C(=O)N(C)Cc3cnn(CC)c3C)c3cc(Cl)ccc3n2)c1. The number of ether oxygens (including phenoxy) is 1. The molecule has 0 fully saturated rings. The van der Waals surface area contributed by atoms with Crippen LogP contribution in [-0.4, -0.2) is 49.3 Å². The van der Waals surface area contributed by atoms with E-state index in [-0.39, 0.29) is 17.4 Å². The summed E-state index contributed by atoms with van der Waals surface area (Å²) in [6.07, 6.45) is 2.62. The van der Waals surface area contributed by atoms with Crippen molar-refractivity contribution in [2.45, 2.75) is 40.3 Å². The lowest BCUT2D eigenvalue weighted by molar-refractivity contribution is 0.0781. The number of benzene rings is 2. The number of fused-ring (bicyclic) bond motifs is 1. The van der Waals surface area contributed by atoms with E-state index < -0.39 is 0 Å². The Morgan fingerprint density at radius 3 is 2.69 bits per heavy atom. The van der Waals surface area contributed by atoms with Crippen LogP contribution in [0.4, 0.5) is 0 Å². The fraction of sp³-hybridized carbons (Fsp3) is 0.308. The van der Waals surface area contributed by atoms with E-state index in [9.17, 15) is 9.90 Å². The Labute approximate surface area is 209 Å². The molecule has 0 bridgehead atoms. The van der Waals surface area contributed by atoms with Gasteiger partial charge in [-0.1, -0.05) is 18.5 Å². The van der Waals surface area contributed by atoms with Gasteiger partial charge in [-0.05, 0) is 50.6 Å². The van der Waals surface area contributed by atoms with E-state index in [2.05, 4.69) is 15.1 Å². The molecule has 0 aliphatic carbocycles. The zero-order chi connectivity index (χ0) is 25.1. The summed E-state index contributed by atoms with van der Waals surface area (Å²) in [6, 6.07) is 10.0. The number of carbonyl (C=O) groups is 1. The molecule has 0 atom stereocenters. The molecule has 0 aliphatic heterocycles. The zero-order valence-electron chi connectivity index (χ0n) is 20.2. The number of hydrogen-bond donors (Lipinski definition) is 1. The van der Waals surface area contributed by atoms with E-state index in [1.165, 1.54) is 0 Å². The van der Waals surface area contributed by atoms with Crippen LogP contribution in [0.3, 0.4) is 0 Å². The highest BCUT2D eigenvalue weighted by atomic mass is 35.5. The monoisotopic (exact) mass is 493 g/mol. The minimum atomic E-state index is -0.271. The first-order valence-electron chi connectivity index (χ1n) is 11.5. The van der Waals surface area contributed by atoms with E-state index in [1.54, 1.807) is 54.5 Å². The van der Waals surface area contributed by atoms with Crippen LogP contribution in [0, 0.1) is 6.92 Å². The third-order valence-electron chi connectivity index (χ3n) is 5.74. The highest BCUT2D eigenvalue weighted by Gasteiger charge is 2.21. The van der Waals surface area contributed by atoms with Crippen LogP contribution in [0.5, 0.6) is 11.5 Å². The summed E-state index contributed by atoms with van der Waals surface area (Å²) in [4.78, 5) is 24.5. The summed E-state index contributed by atoms with van der Waals surface area (Å²) in [7, 11) is 1.73. The van der Waals surface area contributed by atoms with E-state index in [4.69, 9.17) is 16.3 Å². The highest BCUT2D eigenvalue weighted by molar-refractivity contribution is 6.31. The second-order valence-electron chi connectivity index (χ2n) is 8.35. The predicted molar refractivity (Wildman–Crippen MR) is 136 cm³/mol. The maximum absolute atomic E-state index is 13.6. The molecular formula is C26H28ClN5O3. The largest absolute Gasteiger partial charge is 0.508 e. The average molecular weight is 494 g/mol. The molecule has 2 heterocycles. The van der Waals surface area contributed by atoms with Crippen molar-refractivity contribution in [2.24, 2.45) is 0 Å². The maximum atomic E-state index is 13.6. The van der Waals surface area contributed by atoms with Gasteiger partial charge in [0.1, 0.15) is 17.2 Å². The Bertz CT molecular complexity index is 1390. The third-order valence-corrected chi connectivity index (χ3v) is 5.98. The van der Waals surface area contributed by atoms with Gasteiger partial charge in [-0.3, -0.25) is 9.48 Å². The van der Waals surface area contributed by atoms with Gasteiger partial charge in [-0.25, -0.2) is 9.97 Å². The molecule has 0 spiro atoms. The summed E-state index contributed by atoms with van der Waals surface area (Å²) in [6.45, 7) is 7.68. The van der Waals surface area contributed by atoms with Crippen molar-refractivity contribution in [3.63, 3.8) is 0 Å². The number of nitrogens with zero attached hydrogens (tertiary/aromatic N) is 5. The van der Waals surface area contributed by atoms with Crippen LogP contribution >= 0.6 is 11.6 Å². The quantitative estimate of drug-likeness (QED) is 0.360. The number of aromatic nitrogens is 4. The van der Waals surface area contributed by atoms with Crippen LogP contribution in [0.2, 0.25) is 5.02 Å². The number of amides is 1. The number of carbonyl (C=O) groups excluding carboxylic acids is 1. The Hall–Kier alpha value is -3.65. The summed E-state index contributed by atoms with van der Waals surface area (Å²) < 4.78 is 7.58. The number of rotatable bonds is 8. The Kier molecular flexibility index (Phi) is 7.21. The number of aromatic hydroxyl groups is 1. The first-order valence-corrected chi connectivity index (χ1v) is 11.9. The second-order valence-corrected chi connectivity index (χ2v) is 8.79. The predicted octanol–water partition coefficient (Wildman–Crippen LogP) is 5.24. The molecule has 0 unspecified atom stereocenters. The second kappa shape index (κ2) is 10.3. The lowest BCUT2D eigenvalue weighted by Crippen LogP contribution is -2.27. The van der Waals surface area contributed by atoms with Gasteiger partial charge in [-0.2, -0.15) is 5.10 Å². The van der Waals surface area contributed by atoms with E-state index in [0.29, 0.717) is 46.2 Å². The standard InChI is InChI=1S/C26H28ClN5O3/c1-5-9-35-21-11-17(10-20(33)13-21)25-29-23-8-7-19(27)12-22(23)24(30-25)26(34)31(4)15-18-14-28-32(6-2)16(18)3/h7-8,10-14,33H,5-6,9,15H2,1-4H3. The van der Waals surface area contributed by atoms with Crippen LogP contribution < -0.4 is 4.74 Å². The molecule has 9 heteroatoms. The van der Waals surface area contributed by atoms with E-state index in [0.717, 1.165) is 24.2 Å². The average Bonchev–Trinajstić information content (AvgIpc) is 3.20. The van der Waals surface area contributed by atoms with E-state index >= 15 is 0 Å². The van der Waals surface area contributed by atoms with E-state index in [1.807, 2.05) is 25.5 Å². The Morgan fingerprint density at radius 2 is 1.97 bits per heavy atom. The van der Waals surface area contributed by atoms with Gasteiger partial charge in [0.25, 0.3) is 5.91 Å². The third kappa shape index (κ3) is 5.22. The topological polar surface area (TPSA) is 93.4 Å². The number of phenolic OH excluding ortho intramolecular Hbond substituents is 1. The first kappa shape index (κ1) is 24.5. The van der Waals surface area contributed by atoms with Gasteiger partial charge in [0, 0.05) is 53.4 Å². The fourth-order valence-corrected chi connectivity index (χ4v) is 4.05. The fourth-order valence-electron chi connectivity index (χ4n) is 3.88. The van der Waals surface area contributed by atoms with Crippen LogP contribution in [0.15, 0.2) is 42.6 Å². The van der Waals surface area contributed by atoms with Crippen molar-refractivity contribution >= 4 is 28.4 Å². The minimum absolute atomic E-state index is 0.0295. The van der Waals surface area contributed by atoms with Crippen molar-refractivity contribution in [3.05, 3.63) is 64.6 Å². The smallest absolute Gasteiger partial charge is 0.273 e. The van der Waals surface area contributed by atoms with Gasteiger partial charge in [0.05, 0.1) is 18.3 Å². The Balaban J connectivity index is 1.77. The molecule has 4 rings (SSSR count). The Morgan fingerprint density at radius 1 is 1.17 bits per heavy atom. The molecule has 2 aromatic heterocycles. The van der Waals surface area contributed by atoms with Gasteiger partial charge >= 0.3 is 0 Å². The molecule has 0 radical (unpaired) electrons. The molecule has 2 aromatic carbocycles. The number of phenols is 1. The first-order chi connectivity index (χ1) is 16.8. The molecule has 0 saturated heterocycles. The maximum Gasteiger partial charge on any atom is 0.273 e. The molecular weight excluding hydrogens is 466 g/mol. The summed E-state index contributed by atoms with van der Waals surface area (Å²) in [5, 5.41) is 15.7. The van der Waals surface area contributed by atoms with Crippen LogP contribution in [-0.2, 0) is 13.1 Å². The van der Waals surface area contributed by atoms with Crippen molar-refractivity contribution in [1.29, 1.82) is 0 Å². The summed E-state index contributed by atoms with van der Waals surface area (Å²) >= 11 is 6.25. The molecule has 8 nitrogen and oxygen atoms in total. The van der Waals surface area contributed by atoms with Crippen molar-refractivity contribution in [2.75, 3.05) is 13.7 Å². The normalized spacial score (nSPS) is 11.1. The molecule has 0 aliphatic rings. The lowest BCUT2D eigenvalue weighted by Gasteiger charge is -2.18. The number of aryl methyl sites for hydroxylation is 1. The molecule has 182 valence electrons. The van der Waals surface area contributed by atoms with Gasteiger partial charge in [0.15, 0.2) is 5.82 Å². The molecule has 1 N–H and O–H groups in total. The van der Waals surface area contributed by atoms with Crippen molar-refractivity contribution < 1.29 is 14.6 Å². The van der Waals surface area contributed by atoms with Crippen LogP contribution in [0.25, 0.3) is 22.3 Å². The highest BCUT2D eigenvalue weighted by Crippen LogP contribution is 2.30. The van der Waals surface area contributed by atoms with Crippen LogP contribution in [0.1, 0.15) is 42.0 Å². The molecule has 1 amide bonds. The molecule has 0 saturated carbocycles. The lowest BCUT2D eigenvalue weighted by atomic mass is 10.1. The number of hydrogen-bond acceptors (Lipinski definition) is 6. The molecule has 4 aromatic rings. The summed E-state index contributed by atoms with van der Waals surface area (Å²) in [5.74, 6) is 0.577. The summed E-state index contributed by atoms with van der Waals surface area (Å²) in [5.41, 5.74) is 3.33. The number of halogens is 1. The zero-order valence-corrected chi connectivity index (χ0v) is 21.0. The van der Waals surface area contributed by atoms with Gasteiger partial charge in [0.2, 0.25) is 0 Å².